The number of amides is 3. The normalized spacial score (nSPS) is 14.4. The van der Waals surface area contributed by atoms with Gasteiger partial charge < -0.3 is 20.4 Å². The topological polar surface area (TPSA) is 81.8 Å². The molecule has 1 fully saturated rings. The van der Waals surface area contributed by atoms with E-state index in [4.69, 9.17) is 0 Å². The summed E-state index contributed by atoms with van der Waals surface area (Å²) in [7, 11) is 0. The van der Waals surface area contributed by atoms with E-state index in [-0.39, 0.29) is 24.1 Å². The van der Waals surface area contributed by atoms with Crippen molar-refractivity contribution in [2.45, 2.75) is 58.9 Å². The van der Waals surface area contributed by atoms with Crippen LogP contribution in [-0.2, 0) is 14.4 Å². The first-order valence-electron chi connectivity index (χ1n) is 10.7. The molecule has 0 aliphatic carbocycles. The lowest BCUT2D eigenvalue weighted by Gasteiger charge is -2.19. The van der Waals surface area contributed by atoms with Crippen LogP contribution in [0.15, 0.2) is 24.3 Å². The number of carbonyl (C=O) groups excluding carboxylic acids is 3. The Labute approximate surface area is 173 Å². The summed E-state index contributed by atoms with van der Waals surface area (Å²) >= 11 is 0. The van der Waals surface area contributed by atoms with Gasteiger partial charge in [0, 0.05) is 50.4 Å². The maximum absolute atomic E-state index is 12.4. The summed E-state index contributed by atoms with van der Waals surface area (Å²) < 4.78 is 0. The number of rotatable bonds is 10. The minimum Gasteiger partial charge on any atom is -0.371 e. The molecule has 1 saturated heterocycles. The van der Waals surface area contributed by atoms with E-state index in [0.29, 0.717) is 25.9 Å². The first-order valence-corrected chi connectivity index (χ1v) is 10.7. The van der Waals surface area contributed by atoms with Gasteiger partial charge in [-0.05, 0) is 58.2 Å². The van der Waals surface area contributed by atoms with Crippen molar-refractivity contribution in [3.8, 4) is 0 Å². The molecule has 1 heterocycles. The average Bonchev–Trinajstić information content (AvgIpc) is 3.24. The quantitative estimate of drug-likeness (QED) is 0.631. The van der Waals surface area contributed by atoms with Crippen molar-refractivity contribution in [3.63, 3.8) is 0 Å². The molecule has 2 rings (SSSR count). The molecule has 0 spiro atoms. The van der Waals surface area contributed by atoms with Crippen LogP contribution in [0.2, 0.25) is 0 Å². The van der Waals surface area contributed by atoms with Crippen molar-refractivity contribution in [2.75, 3.05) is 36.4 Å². The Bertz CT molecular complexity index is 697. The van der Waals surface area contributed by atoms with Gasteiger partial charge in [-0.1, -0.05) is 6.07 Å². The van der Waals surface area contributed by atoms with Gasteiger partial charge in [-0.15, -0.1) is 0 Å². The summed E-state index contributed by atoms with van der Waals surface area (Å²) in [4.78, 5) is 40.6. The second-order valence-corrected chi connectivity index (χ2v) is 7.44. The van der Waals surface area contributed by atoms with Crippen LogP contribution >= 0.6 is 0 Å². The van der Waals surface area contributed by atoms with Gasteiger partial charge in [0.25, 0.3) is 0 Å². The van der Waals surface area contributed by atoms with Gasteiger partial charge >= 0.3 is 0 Å². The molecule has 1 aromatic carbocycles. The van der Waals surface area contributed by atoms with Gasteiger partial charge in [0.1, 0.15) is 6.04 Å². The molecular formula is C22H34N4O3. The number of hydrogen-bond donors (Lipinski definition) is 2. The van der Waals surface area contributed by atoms with Gasteiger partial charge in [-0.25, -0.2) is 0 Å². The fourth-order valence-electron chi connectivity index (χ4n) is 3.52. The fraction of sp³-hybridized carbons (Fsp3) is 0.591. The van der Waals surface area contributed by atoms with Crippen LogP contribution in [0.5, 0.6) is 0 Å². The third-order valence-corrected chi connectivity index (χ3v) is 5.27. The van der Waals surface area contributed by atoms with Crippen molar-refractivity contribution in [1.29, 1.82) is 0 Å². The number of anilines is 2. The Kier molecular flexibility index (Phi) is 8.96. The van der Waals surface area contributed by atoms with Gasteiger partial charge in [0.05, 0.1) is 0 Å². The highest BCUT2D eigenvalue weighted by Gasteiger charge is 2.18. The summed E-state index contributed by atoms with van der Waals surface area (Å²) in [6, 6.07) is 7.16. The largest absolute Gasteiger partial charge is 0.371 e. The lowest BCUT2D eigenvalue weighted by Crippen LogP contribution is -2.41. The molecule has 0 aromatic heterocycles. The first-order chi connectivity index (χ1) is 13.9. The van der Waals surface area contributed by atoms with Gasteiger partial charge in [-0.2, -0.15) is 0 Å². The standard InChI is InChI=1S/C22H34N4O3/c1-4-25(5-2)21(28)13-9-12-20(27)23-17(3)22(29)24-18-10-8-11-19(16-18)26-14-6-7-15-26/h8,10-11,16-17H,4-7,9,12-15H2,1-3H3,(H,23,27)(H,24,29). The predicted octanol–water partition coefficient (Wildman–Crippen LogP) is 2.77. The summed E-state index contributed by atoms with van der Waals surface area (Å²) in [5.41, 5.74) is 1.83. The summed E-state index contributed by atoms with van der Waals surface area (Å²) in [6.45, 7) is 8.99. The molecule has 2 N–H and O–H groups in total. The first kappa shape index (κ1) is 22.7. The molecule has 7 heteroatoms. The van der Waals surface area contributed by atoms with Crippen molar-refractivity contribution in [2.24, 2.45) is 0 Å². The number of benzene rings is 1. The van der Waals surface area contributed by atoms with Crippen LogP contribution < -0.4 is 15.5 Å². The van der Waals surface area contributed by atoms with Crippen LogP contribution in [0.25, 0.3) is 0 Å². The third-order valence-electron chi connectivity index (χ3n) is 5.27. The third kappa shape index (κ3) is 7.07. The summed E-state index contributed by atoms with van der Waals surface area (Å²) in [5, 5.41) is 5.59. The molecule has 0 saturated carbocycles. The molecule has 1 aromatic rings. The maximum atomic E-state index is 12.4. The Morgan fingerprint density at radius 2 is 1.79 bits per heavy atom. The fourth-order valence-corrected chi connectivity index (χ4v) is 3.52. The predicted molar refractivity (Wildman–Crippen MR) is 116 cm³/mol. The minimum absolute atomic E-state index is 0.0616. The van der Waals surface area contributed by atoms with E-state index in [1.54, 1.807) is 11.8 Å². The molecule has 0 radical (unpaired) electrons. The Balaban J connectivity index is 1.76. The van der Waals surface area contributed by atoms with Gasteiger partial charge in [0.2, 0.25) is 17.7 Å². The SMILES string of the molecule is CCN(CC)C(=O)CCCC(=O)NC(C)C(=O)Nc1cccc(N2CCCC2)c1. The molecule has 3 amide bonds. The van der Waals surface area contributed by atoms with Crippen LogP contribution in [0.3, 0.4) is 0 Å². The number of carbonyl (C=O) groups is 3. The second kappa shape index (κ2) is 11.4. The second-order valence-electron chi connectivity index (χ2n) is 7.44. The van der Waals surface area contributed by atoms with Crippen LogP contribution in [0.4, 0.5) is 11.4 Å². The zero-order valence-corrected chi connectivity index (χ0v) is 17.9. The number of hydrogen-bond acceptors (Lipinski definition) is 4. The molecule has 0 bridgehead atoms. The van der Waals surface area contributed by atoms with Crippen molar-refractivity contribution >= 4 is 29.1 Å². The zero-order valence-electron chi connectivity index (χ0n) is 17.9. The minimum atomic E-state index is -0.642. The number of nitrogens with one attached hydrogen (secondary N) is 2. The lowest BCUT2D eigenvalue weighted by molar-refractivity contribution is -0.131. The molecule has 29 heavy (non-hydrogen) atoms. The smallest absolute Gasteiger partial charge is 0.246 e. The molecule has 160 valence electrons. The van der Waals surface area contributed by atoms with Crippen LogP contribution in [-0.4, -0.2) is 54.8 Å². The Morgan fingerprint density at radius 3 is 2.45 bits per heavy atom. The van der Waals surface area contributed by atoms with Gasteiger partial charge in [-0.3, -0.25) is 14.4 Å². The van der Waals surface area contributed by atoms with Gasteiger partial charge in [0.15, 0.2) is 0 Å². The van der Waals surface area contributed by atoms with Crippen molar-refractivity contribution in [3.05, 3.63) is 24.3 Å². The zero-order chi connectivity index (χ0) is 21.2. The van der Waals surface area contributed by atoms with E-state index >= 15 is 0 Å². The molecule has 1 atom stereocenters. The molecule has 7 nitrogen and oxygen atoms in total. The molecule has 1 unspecified atom stereocenters. The summed E-state index contributed by atoms with van der Waals surface area (Å²) in [6.07, 6.45) is 3.45. The lowest BCUT2D eigenvalue weighted by atomic mass is 10.2. The van der Waals surface area contributed by atoms with Crippen molar-refractivity contribution in [1.82, 2.24) is 10.2 Å². The Hall–Kier alpha value is -2.57. The van der Waals surface area contributed by atoms with E-state index in [2.05, 4.69) is 15.5 Å². The highest BCUT2D eigenvalue weighted by Crippen LogP contribution is 2.23. The highest BCUT2D eigenvalue weighted by molar-refractivity contribution is 5.97. The average molecular weight is 403 g/mol. The van der Waals surface area contributed by atoms with Crippen molar-refractivity contribution < 1.29 is 14.4 Å². The van der Waals surface area contributed by atoms with E-state index in [0.717, 1.165) is 24.5 Å². The van der Waals surface area contributed by atoms with Crippen LogP contribution in [0.1, 0.15) is 52.9 Å². The van der Waals surface area contributed by atoms with E-state index in [1.165, 1.54) is 12.8 Å². The maximum Gasteiger partial charge on any atom is 0.246 e. The monoisotopic (exact) mass is 402 g/mol. The molecule has 1 aliphatic rings. The Morgan fingerprint density at radius 1 is 1.10 bits per heavy atom. The van der Waals surface area contributed by atoms with Crippen LogP contribution in [0, 0.1) is 0 Å². The number of nitrogens with zero attached hydrogens (tertiary/aromatic N) is 2. The molecular weight excluding hydrogens is 368 g/mol. The van der Waals surface area contributed by atoms with E-state index in [9.17, 15) is 14.4 Å². The molecule has 1 aliphatic heterocycles. The van der Waals surface area contributed by atoms with E-state index in [1.807, 2.05) is 38.1 Å². The highest BCUT2D eigenvalue weighted by atomic mass is 16.2. The van der Waals surface area contributed by atoms with E-state index < -0.39 is 6.04 Å². The summed E-state index contributed by atoms with van der Waals surface area (Å²) in [5.74, 6) is -0.409.